The number of aromatic nitrogens is 1. The Morgan fingerprint density at radius 2 is 1.72 bits per heavy atom. The minimum absolute atomic E-state index is 0.0464. The number of anilines is 1. The van der Waals surface area contributed by atoms with Crippen LogP contribution in [0.25, 0.3) is 0 Å². The molecule has 9 heteroatoms. The van der Waals surface area contributed by atoms with Crippen molar-refractivity contribution in [1.29, 1.82) is 0 Å². The van der Waals surface area contributed by atoms with E-state index in [1.165, 1.54) is 12.1 Å². The fraction of sp³-hybridized carbons (Fsp3) is 0.174. The standard InChI is InChI=1S/C23H21Cl2N3O4/c24-17-4-3-5-18(25)21(17)22(29)28-19(23(30)31)14-15-7-9-16(10-8-15)32-13-12-27-20-6-1-2-11-26-20/h1-11,19H,12-14H2,(H,26,27)(H,28,29)(H,30,31). The van der Waals surface area contributed by atoms with Crippen molar-refractivity contribution in [3.05, 3.63) is 88.0 Å². The molecule has 1 amide bonds. The lowest BCUT2D eigenvalue weighted by atomic mass is 10.1. The van der Waals surface area contributed by atoms with Crippen LogP contribution in [0.15, 0.2) is 66.9 Å². The largest absolute Gasteiger partial charge is 0.492 e. The maximum Gasteiger partial charge on any atom is 0.326 e. The van der Waals surface area contributed by atoms with E-state index in [2.05, 4.69) is 15.6 Å². The zero-order chi connectivity index (χ0) is 22.9. The summed E-state index contributed by atoms with van der Waals surface area (Å²) in [6.07, 6.45) is 1.79. The third-order valence-corrected chi connectivity index (χ3v) is 5.13. The summed E-state index contributed by atoms with van der Waals surface area (Å²) in [5.74, 6) is -0.391. The molecule has 0 bridgehead atoms. The molecule has 7 nitrogen and oxygen atoms in total. The Hall–Kier alpha value is -3.29. The molecule has 1 atom stereocenters. The first kappa shape index (κ1) is 23.4. The Morgan fingerprint density at radius 3 is 2.34 bits per heavy atom. The first-order valence-electron chi connectivity index (χ1n) is 9.78. The molecule has 1 heterocycles. The molecule has 3 rings (SSSR count). The van der Waals surface area contributed by atoms with Gasteiger partial charge in [0.15, 0.2) is 0 Å². The summed E-state index contributed by atoms with van der Waals surface area (Å²) in [5, 5.41) is 15.5. The molecule has 0 radical (unpaired) electrons. The van der Waals surface area contributed by atoms with Gasteiger partial charge in [-0.05, 0) is 42.0 Å². The predicted octanol–water partition coefficient (Wildman–Crippen LogP) is 4.31. The summed E-state index contributed by atoms with van der Waals surface area (Å²) in [7, 11) is 0. The Balaban J connectivity index is 1.53. The van der Waals surface area contributed by atoms with Crippen molar-refractivity contribution < 1.29 is 19.4 Å². The van der Waals surface area contributed by atoms with Gasteiger partial charge in [-0.25, -0.2) is 9.78 Å². The molecule has 0 aliphatic heterocycles. The quantitative estimate of drug-likeness (QED) is 0.379. The highest BCUT2D eigenvalue weighted by Crippen LogP contribution is 2.24. The van der Waals surface area contributed by atoms with Crippen molar-refractivity contribution in [3.8, 4) is 5.75 Å². The average Bonchev–Trinajstić information content (AvgIpc) is 2.78. The molecule has 2 aromatic carbocycles. The first-order chi connectivity index (χ1) is 15.4. The lowest BCUT2D eigenvalue weighted by Gasteiger charge is -2.16. The molecule has 166 valence electrons. The summed E-state index contributed by atoms with van der Waals surface area (Å²) in [4.78, 5) is 28.4. The second kappa shape index (κ2) is 11.4. The van der Waals surface area contributed by atoms with Gasteiger partial charge in [0.25, 0.3) is 5.91 Å². The second-order valence-corrected chi connectivity index (χ2v) is 7.61. The van der Waals surface area contributed by atoms with Gasteiger partial charge in [-0.3, -0.25) is 4.79 Å². The number of rotatable bonds is 10. The van der Waals surface area contributed by atoms with E-state index >= 15 is 0 Å². The topological polar surface area (TPSA) is 101 Å². The number of carbonyl (C=O) groups is 2. The number of ether oxygens (including phenoxy) is 1. The molecule has 0 aliphatic rings. The first-order valence-corrected chi connectivity index (χ1v) is 10.5. The van der Waals surface area contributed by atoms with Crippen LogP contribution in [0.4, 0.5) is 5.82 Å². The fourth-order valence-electron chi connectivity index (χ4n) is 2.92. The SMILES string of the molecule is O=C(NC(Cc1ccc(OCCNc2ccccn2)cc1)C(=O)O)c1c(Cl)cccc1Cl. The van der Waals surface area contributed by atoms with E-state index in [9.17, 15) is 14.7 Å². The van der Waals surface area contributed by atoms with Crippen LogP contribution in [0.1, 0.15) is 15.9 Å². The highest BCUT2D eigenvalue weighted by Gasteiger charge is 2.23. The maximum absolute atomic E-state index is 12.5. The van der Waals surface area contributed by atoms with E-state index in [4.69, 9.17) is 27.9 Å². The molecule has 0 aliphatic carbocycles. The van der Waals surface area contributed by atoms with Crippen LogP contribution in [0.2, 0.25) is 10.0 Å². The summed E-state index contributed by atoms with van der Waals surface area (Å²) in [5.41, 5.74) is 0.770. The van der Waals surface area contributed by atoms with Crippen molar-refractivity contribution in [2.24, 2.45) is 0 Å². The number of aliphatic carboxylic acids is 1. The summed E-state index contributed by atoms with van der Waals surface area (Å²) in [6, 6.07) is 16.1. The zero-order valence-corrected chi connectivity index (χ0v) is 18.4. The Kier molecular flexibility index (Phi) is 8.30. The molecule has 0 saturated carbocycles. The summed E-state index contributed by atoms with van der Waals surface area (Å²) >= 11 is 12.1. The number of amides is 1. The number of nitrogens with one attached hydrogen (secondary N) is 2. The number of carboxylic acid groups (broad SMARTS) is 1. The van der Waals surface area contributed by atoms with E-state index < -0.39 is 17.9 Å². The van der Waals surface area contributed by atoms with E-state index in [1.807, 2.05) is 18.2 Å². The number of carboxylic acids is 1. The predicted molar refractivity (Wildman–Crippen MR) is 124 cm³/mol. The molecule has 3 aromatic rings. The van der Waals surface area contributed by atoms with Crippen molar-refractivity contribution >= 4 is 40.9 Å². The number of nitrogens with zero attached hydrogens (tertiary/aromatic N) is 1. The van der Waals surface area contributed by atoms with E-state index in [1.54, 1.807) is 36.5 Å². The van der Waals surface area contributed by atoms with E-state index in [0.29, 0.717) is 18.9 Å². The van der Waals surface area contributed by atoms with E-state index in [0.717, 1.165) is 11.4 Å². The van der Waals surface area contributed by atoms with Gasteiger partial charge < -0.3 is 20.5 Å². The van der Waals surface area contributed by atoms with Gasteiger partial charge in [0.1, 0.15) is 24.2 Å². The Labute approximate surface area is 195 Å². The fourth-order valence-corrected chi connectivity index (χ4v) is 3.49. The molecule has 0 spiro atoms. The Bertz CT molecular complexity index is 1040. The number of halogens is 2. The Morgan fingerprint density at radius 1 is 1.00 bits per heavy atom. The van der Waals surface area contributed by atoms with Crippen LogP contribution in [-0.2, 0) is 11.2 Å². The highest BCUT2D eigenvalue weighted by atomic mass is 35.5. The smallest absolute Gasteiger partial charge is 0.326 e. The van der Waals surface area contributed by atoms with Crippen molar-refractivity contribution in [2.45, 2.75) is 12.5 Å². The lowest BCUT2D eigenvalue weighted by Crippen LogP contribution is -2.42. The second-order valence-electron chi connectivity index (χ2n) is 6.80. The molecule has 3 N–H and O–H groups in total. The third-order valence-electron chi connectivity index (χ3n) is 4.50. The van der Waals surface area contributed by atoms with Crippen molar-refractivity contribution in [2.75, 3.05) is 18.5 Å². The van der Waals surface area contributed by atoms with Gasteiger partial charge in [0.2, 0.25) is 0 Å². The molecule has 1 aromatic heterocycles. The number of hydrogen-bond acceptors (Lipinski definition) is 5. The normalized spacial score (nSPS) is 11.4. The molecule has 0 saturated heterocycles. The van der Waals surface area contributed by atoms with Crippen LogP contribution in [0, 0.1) is 0 Å². The maximum atomic E-state index is 12.5. The van der Waals surface area contributed by atoms with Crippen LogP contribution >= 0.6 is 23.2 Å². The van der Waals surface area contributed by atoms with Crippen LogP contribution in [-0.4, -0.2) is 41.2 Å². The number of benzene rings is 2. The summed E-state index contributed by atoms with van der Waals surface area (Å²) in [6.45, 7) is 1.01. The van der Waals surface area contributed by atoms with Crippen LogP contribution in [0.3, 0.4) is 0 Å². The van der Waals surface area contributed by atoms with Gasteiger partial charge in [0, 0.05) is 12.6 Å². The molecule has 0 fully saturated rings. The van der Waals surface area contributed by atoms with Gasteiger partial charge in [-0.2, -0.15) is 0 Å². The van der Waals surface area contributed by atoms with Gasteiger partial charge in [-0.15, -0.1) is 0 Å². The minimum atomic E-state index is -1.16. The lowest BCUT2D eigenvalue weighted by molar-refractivity contribution is -0.139. The van der Waals surface area contributed by atoms with Gasteiger partial charge >= 0.3 is 5.97 Å². The minimum Gasteiger partial charge on any atom is -0.492 e. The number of carbonyl (C=O) groups excluding carboxylic acids is 1. The summed E-state index contributed by atoms with van der Waals surface area (Å²) < 4.78 is 5.68. The van der Waals surface area contributed by atoms with Crippen molar-refractivity contribution in [3.63, 3.8) is 0 Å². The van der Waals surface area contributed by atoms with E-state index in [-0.39, 0.29) is 22.0 Å². The van der Waals surface area contributed by atoms with Crippen molar-refractivity contribution in [1.82, 2.24) is 10.3 Å². The average molecular weight is 474 g/mol. The molecular weight excluding hydrogens is 453 g/mol. The monoisotopic (exact) mass is 473 g/mol. The van der Waals surface area contributed by atoms with Crippen LogP contribution in [0.5, 0.6) is 5.75 Å². The van der Waals surface area contributed by atoms with Gasteiger partial charge in [-0.1, -0.05) is 47.5 Å². The molecule has 32 heavy (non-hydrogen) atoms. The number of hydrogen-bond donors (Lipinski definition) is 3. The molecular formula is C23H21Cl2N3O4. The number of pyridine rings is 1. The zero-order valence-electron chi connectivity index (χ0n) is 16.9. The van der Waals surface area contributed by atoms with Gasteiger partial charge in [0.05, 0.1) is 22.2 Å². The van der Waals surface area contributed by atoms with Crippen LogP contribution < -0.4 is 15.4 Å². The molecule has 1 unspecified atom stereocenters. The highest BCUT2D eigenvalue weighted by molar-refractivity contribution is 6.39. The third kappa shape index (κ3) is 6.60.